The van der Waals surface area contributed by atoms with E-state index in [4.69, 9.17) is 25.5 Å². The largest absolute Gasteiger partial charge is 0.453 e. The Hall–Kier alpha value is -4.38. The van der Waals surface area contributed by atoms with E-state index >= 15 is 0 Å². The molecule has 8 nitrogen and oxygen atoms in total. The molecule has 3 aromatic carbocycles. The summed E-state index contributed by atoms with van der Waals surface area (Å²) in [6.07, 6.45) is -5.08. The van der Waals surface area contributed by atoms with Gasteiger partial charge in [-0.15, -0.1) is 0 Å². The summed E-state index contributed by atoms with van der Waals surface area (Å²) in [6.45, 7) is 3.33. The van der Waals surface area contributed by atoms with Crippen molar-refractivity contribution in [3.05, 3.63) is 102 Å². The smallest absolute Gasteiger partial charge is 0.449 e. The highest BCUT2D eigenvalue weighted by Crippen LogP contribution is 2.39. The van der Waals surface area contributed by atoms with Crippen molar-refractivity contribution in [2.24, 2.45) is 0 Å². The van der Waals surface area contributed by atoms with Crippen LogP contribution in [0, 0.1) is 24.0 Å². The third kappa shape index (κ3) is 5.26. The first-order valence-electron chi connectivity index (χ1n) is 10.4. The molecular formula is C25H15ClF3NO7. The van der Waals surface area contributed by atoms with Gasteiger partial charge in [0.15, 0.2) is 0 Å². The third-order valence-corrected chi connectivity index (χ3v) is 5.54. The maximum atomic E-state index is 13.8. The lowest BCUT2D eigenvalue weighted by Gasteiger charge is -2.15. The number of aryl methyl sites for hydroxylation is 2. The molecular weight excluding hydrogens is 519 g/mol. The Bertz CT molecular complexity index is 1630. The van der Waals surface area contributed by atoms with E-state index < -0.39 is 39.6 Å². The molecule has 0 fully saturated rings. The number of nitro benzene ring substituents is 1. The van der Waals surface area contributed by atoms with Gasteiger partial charge in [-0.3, -0.25) is 14.9 Å². The minimum atomic E-state index is -5.08. The van der Waals surface area contributed by atoms with Crippen LogP contribution in [0.2, 0.25) is 5.02 Å². The number of carbonyl (C=O) groups excluding carboxylic acids is 1. The van der Waals surface area contributed by atoms with Gasteiger partial charge in [0.25, 0.3) is 11.4 Å². The summed E-state index contributed by atoms with van der Waals surface area (Å²) in [5.41, 5.74) is -0.949. The highest BCUT2D eigenvalue weighted by atomic mass is 35.5. The zero-order valence-electron chi connectivity index (χ0n) is 19.0. The minimum absolute atomic E-state index is 0.0580. The molecule has 0 saturated carbocycles. The van der Waals surface area contributed by atoms with Crippen molar-refractivity contribution in [1.29, 1.82) is 0 Å². The SMILES string of the molecule is Cc1ccc(C)c(Oc2c(C(F)(F)F)oc3cc(OC(=O)c4ccc([N+](=O)[O-])cc4Cl)ccc3c2=O)c1. The fourth-order valence-electron chi connectivity index (χ4n) is 3.37. The molecule has 12 heteroatoms. The van der Waals surface area contributed by atoms with Crippen LogP contribution in [0.3, 0.4) is 0 Å². The van der Waals surface area contributed by atoms with Gasteiger partial charge in [-0.1, -0.05) is 23.7 Å². The van der Waals surface area contributed by atoms with Gasteiger partial charge in [0, 0.05) is 18.2 Å². The fourth-order valence-corrected chi connectivity index (χ4v) is 3.62. The third-order valence-electron chi connectivity index (χ3n) is 5.23. The van der Waals surface area contributed by atoms with Crippen molar-refractivity contribution in [1.82, 2.24) is 0 Å². The Morgan fingerprint density at radius 2 is 1.78 bits per heavy atom. The topological polar surface area (TPSA) is 109 Å². The van der Waals surface area contributed by atoms with E-state index in [1.54, 1.807) is 26.0 Å². The molecule has 0 radical (unpaired) electrons. The molecule has 0 aliphatic heterocycles. The van der Waals surface area contributed by atoms with E-state index in [9.17, 15) is 32.9 Å². The van der Waals surface area contributed by atoms with Crippen LogP contribution in [-0.4, -0.2) is 10.9 Å². The van der Waals surface area contributed by atoms with Crippen LogP contribution in [0.15, 0.2) is 63.8 Å². The summed E-state index contributed by atoms with van der Waals surface area (Å²) in [7, 11) is 0. The first-order valence-corrected chi connectivity index (χ1v) is 10.8. The van der Waals surface area contributed by atoms with Crippen molar-refractivity contribution in [2.75, 3.05) is 0 Å². The van der Waals surface area contributed by atoms with Crippen LogP contribution in [0.4, 0.5) is 18.9 Å². The average molecular weight is 534 g/mol. The number of halogens is 4. The predicted octanol–water partition coefficient (Wildman–Crippen LogP) is 7.00. The number of carbonyl (C=O) groups is 1. The van der Waals surface area contributed by atoms with E-state index in [-0.39, 0.29) is 33.2 Å². The number of hydrogen-bond donors (Lipinski definition) is 0. The Kier molecular flexibility index (Phi) is 6.66. The molecule has 1 aromatic heterocycles. The Balaban J connectivity index is 1.74. The lowest BCUT2D eigenvalue weighted by molar-refractivity contribution is -0.384. The number of non-ortho nitro benzene ring substituents is 1. The Morgan fingerprint density at radius 1 is 1.05 bits per heavy atom. The molecule has 0 amide bonds. The monoisotopic (exact) mass is 533 g/mol. The molecule has 0 unspecified atom stereocenters. The summed E-state index contributed by atoms with van der Waals surface area (Å²) < 4.78 is 57.1. The maximum Gasteiger partial charge on any atom is 0.453 e. The lowest BCUT2D eigenvalue weighted by atomic mass is 10.1. The molecule has 37 heavy (non-hydrogen) atoms. The molecule has 4 rings (SSSR count). The molecule has 4 aromatic rings. The molecule has 1 heterocycles. The van der Waals surface area contributed by atoms with Crippen LogP contribution in [-0.2, 0) is 6.18 Å². The summed E-state index contributed by atoms with van der Waals surface area (Å²) >= 11 is 5.92. The number of hydrogen-bond acceptors (Lipinski definition) is 7. The minimum Gasteiger partial charge on any atom is -0.449 e. The Morgan fingerprint density at radius 3 is 2.43 bits per heavy atom. The first-order chi connectivity index (χ1) is 17.3. The summed E-state index contributed by atoms with van der Waals surface area (Å²) in [6, 6.07) is 11.2. The van der Waals surface area contributed by atoms with Crippen LogP contribution >= 0.6 is 11.6 Å². The quantitative estimate of drug-likeness (QED) is 0.117. The van der Waals surface area contributed by atoms with Crippen molar-refractivity contribution < 1.29 is 36.8 Å². The van der Waals surface area contributed by atoms with Crippen LogP contribution < -0.4 is 14.9 Å². The number of fused-ring (bicyclic) bond motifs is 1. The second kappa shape index (κ2) is 9.58. The second-order valence-corrected chi connectivity index (χ2v) is 8.33. The number of nitrogens with zero attached hydrogens (tertiary/aromatic N) is 1. The van der Waals surface area contributed by atoms with Gasteiger partial charge in [-0.05, 0) is 49.2 Å². The van der Waals surface area contributed by atoms with E-state index in [0.29, 0.717) is 11.1 Å². The highest BCUT2D eigenvalue weighted by Gasteiger charge is 2.40. The van der Waals surface area contributed by atoms with Crippen LogP contribution in [0.1, 0.15) is 27.2 Å². The maximum absolute atomic E-state index is 13.8. The summed E-state index contributed by atoms with van der Waals surface area (Å²) in [5, 5.41) is 10.3. The van der Waals surface area contributed by atoms with E-state index in [1.807, 2.05) is 0 Å². The second-order valence-electron chi connectivity index (χ2n) is 7.93. The van der Waals surface area contributed by atoms with Gasteiger partial charge in [-0.2, -0.15) is 13.2 Å². The molecule has 0 aliphatic carbocycles. The standard InChI is InChI=1S/C25H15ClF3NO7/c1-12-3-4-13(2)19(9-12)36-22-21(31)17-8-6-15(11-20(17)37-23(22)25(27,28)29)35-24(32)16-7-5-14(30(33)34)10-18(16)26/h3-11H,1-2H3. The van der Waals surface area contributed by atoms with Crippen LogP contribution in [0.5, 0.6) is 17.2 Å². The molecule has 0 N–H and O–H groups in total. The van der Waals surface area contributed by atoms with Crippen LogP contribution in [0.25, 0.3) is 11.0 Å². The van der Waals surface area contributed by atoms with Gasteiger partial charge in [0.05, 0.1) is 20.9 Å². The predicted molar refractivity (Wildman–Crippen MR) is 127 cm³/mol. The molecule has 190 valence electrons. The van der Waals surface area contributed by atoms with Crippen molar-refractivity contribution >= 4 is 34.2 Å². The summed E-state index contributed by atoms with van der Waals surface area (Å²) in [5.74, 6) is -3.93. The van der Waals surface area contributed by atoms with Crippen molar-refractivity contribution in [3.8, 4) is 17.2 Å². The molecule has 0 bridgehead atoms. The van der Waals surface area contributed by atoms with Crippen molar-refractivity contribution in [2.45, 2.75) is 20.0 Å². The number of benzene rings is 3. The number of ether oxygens (including phenoxy) is 2. The first kappa shape index (κ1) is 25.7. The fraction of sp³-hybridized carbons (Fsp3) is 0.120. The van der Waals surface area contributed by atoms with Gasteiger partial charge >= 0.3 is 12.1 Å². The number of nitro groups is 1. The molecule has 0 aliphatic rings. The number of alkyl halides is 3. The van der Waals surface area contributed by atoms with Gasteiger partial charge in [0.2, 0.25) is 11.2 Å². The van der Waals surface area contributed by atoms with Gasteiger partial charge in [0.1, 0.15) is 17.1 Å². The average Bonchev–Trinajstić information content (AvgIpc) is 2.82. The van der Waals surface area contributed by atoms with E-state index in [2.05, 4.69) is 0 Å². The lowest BCUT2D eigenvalue weighted by Crippen LogP contribution is -2.16. The normalized spacial score (nSPS) is 11.4. The highest BCUT2D eigenvalue weighted by molar-refractivity contribution is 6.33. The molecule has 0 spiro atoms. The number of rotatable bonds is 5. The zero-order valence-corrected chi connectivity index (χ0v) is 19.8. The van der Waals surface area contributed by atoms with Gasteiger partial charge in [-0.25, -0.2) is 4.79 Å². The number of esters is 1. The molecule has 0 atom stereocenters. The van der Waals surface area contributed by atoms with E-state index in [0.717, 1.165) is 30.3 Å². The summed E-state index contributed by atoms with van der Waals surface area (Å²) in [4.78, 5) is 35.6. The molecule has 0 saturated heterocycles. The zero-order chi connectivity index (χ0) is 27.1. The Labute approximate surface area is 210 Å². The van der Waals surface area contributed by atoms with E-state index in [1.165, 1.54) is 12.1 Å². The van der Waals surface area contributed by atoms with Gasteiger partial charge < -0.3 is 13.9 Å². The van der Waals surface area contributed by atoms with Crippen molar-refractivity contribution in [3.63, 3.8) is 0 Å².